The van der Waals surface area contributed by atoms with Crippen molar-refractivity contribution in [2.24, 2.45) is 66.8 Å². The van der Waals surface area contributed by atoms with Crippen LogP contribution in [0.5, 0.6) is 5.75 Å². The minimum atomic E-state index is -1.54. The molecule has 25 N–H and O–H groups in total. The number of nitrogens with zero attached hydrogens (tertiary/aromatic N) is 4. The van der Waals surface area contributed by atoms with Gasteiger partial charge < -0.3 is 98.2 Å². The summed E-state index contributed by atoms with van der Waals surface area (Å²) in [7, 11) is 0. The third-order valence-electron chi connectivity index (χ3n) is 13.1. The van der Waals surface area contributed by atoms with E-state index in [4.69, 9.17) is 45.9 Å². The second kappa shape index (κ2) is 35.1. The summed E-state index contributed by atoms with van der Waals surface area (Å²) in [5.74, 6) is -7.98. The summed E-state index contributed by atoms with van der Waals surface area (Å²) in [6.45, 7) is 4.28. The number of aromatic hydroxyl groups is 1. The van der Waals surface area contributed by atoms with E-state index >= 15 is 0 Å². The Hall–Kier alpha value is -8.80. The predicted molar refractivity (Wildman–Crippen MR) is 309 cm³/mol. The molecule has 30 nitrogen and oxygen atoms in total. The summed E-state index contributed by atoms with van der Waals surface area (Å²) in [5, 5.41) is 37.9. The molecule has 0 radical (unpaired) electrons. The number of phenolic OH excluding ortho intramolecular Hbond substituents is 1. The molecule has 9 amide bonds. The second-order valence-electron chi connectivity index (χ2n) is 20.5. The number of benzene rings is 2. The average molecular weight is 1160 g/mol. The van der Waals surface area contributed by atoms with E-state index in [-0.39, 0.29) is 120 Å². The van der Waals surface area contributed by atoms with Crippen LogP contribution in [0.2, 0.25) is 0 Å². The molecule has 0 aromatic heterocycles. The van der Waals surface area contributed by atoms with Crippen molar-refractivity contribution in [3.05, 3.63) is 65.7 Å². The first-order chi connectivity index (χ1) is 39.3. The highest BCUT2D eigenvalue weighted by atomic mass is 16.3. The van der Waals surface area contributed by atoms with E-state index in [2.05, 4.69) is 52.2 Å². The zero-order valence-electron chi connectivity index (χ0n) is 47.3. The van der Waals surface area contributed by atoms with Gasteiger partial charge in [0.05, 0.1) is 12.6 Å². The van der Waals surface area contributed by atoms with Gasteiger partial charge in [-0.2, -0.15) is 0 Å². The van der Waals surface area contributed by atoms with Gasteiger partial charge in [-0.15, -0.1) is 0 Å². The number of likely N-dealkylation sites (tertiary alicyclic amines) is 1. The zero-order valence-corrected chi connectivity index (χ0v) is 47.3. The van der Waals surface area contributed by atoms with Gasteiger partial charge in [-0.25, -0.2) is 0 Å². The summed E-state index contributed by atoms with van der Waals surface area (Å²) in [6, 6.07) is 3.25. The molecule has 9 unspecified atom stereocenters. The third-order valence-corrected chi connectivity index (χ3v) is 13.1. The lowest BCUT2D eigenvalue weighted by molar-refractivity contribution is -0.142. The Morgan fingerprint density at radius 2 is 1.01 bits per heavy atom. The maximum atomic E-state index is 14.6. The van der Waals surface area contributed by atoms with E-state index < -0.39 is 114 Å². The number of phenols is 1. The normalized spacial score (nSPS) is 15.7. The molecule has 1 aliphatic heterocycles. The van der Waals surface area contributed by atoms with Crippen molar-refractivity contribution in [2.75, 3.05) is 32.8 Å². The largest absolute Gasteiger partial charge is 0.508 e. The van der Waals surface area contributed by atoms with Gasteiger partial charge in [0.25, 0.3) is 0 Å². The minimum absolute atomic E-state index is 0.0108. The first-order valence-electron chi connectivity index (χ1n) is 27.4. The number of carbonyl (C=O) groups excluding carboxylic acids is 9. The summed E-state index contributed by atoms with van der Waals surface area (Å²) in [4.78, 5) is 137. The van der Waals surface area contributed by atoms with Crippen molar-refractivity contribution in [3.63, 3.8) is 0 Å². The summed E-state index contributed by atoms with van der Waals surface area (Å²) in [6.07, 6.45) is 1.09. The number of hydrogen-bond donors (Lipinski definition) is 17. The Labute approximate surface area is 482 Å². The van der Waals surface area contributed by atoms with Crippen LogP contribution >= 0.6 is 0 Å². The molecule has 2 aromatic rings. The highest BCUT2D eigenvalue weighted by Crippen LogP contribution is 2.21. The van der Waals surface area contributed by atoms with E-state index in [9.17, 15) is 53.4 Å². The molecule has 1 fully saturated rings. The van der Waals surface area contributed by atoms with Crippen molar-refractivity contribution >= 4 is 71.0 Å². The molecule has 0 bridgehead atoms. The molecule has 83 heavy (non-hydrogen) atoms. The highest BCUT2D eigenvalue weighted by Gasteiger charge is 2.40. The van der Waals surface area contributed by atoms with E-state index in [1.165, 1.54) is 24.0 Å². The van der Waals surface area contributed by atoms with E-state index in [0.29, 0.717) is 17.5 Å². The lowest BCUT2D eigenvalue weighted by Crippen LogP contribution is -2.60. The number of hydrogen-bond acceptors (Lipinski definition) is 15. The molecular weight excluding hydrogens is 1080 g/mol. The van der Waals surface area contributed by atoms with Gasteiger partial charge in [0.1, 0.15) is 54.1 Å². The van der Waals surface area contributed by atoms with Crippen molar-refractivity contribution < 1.29 is 53.4 Å². The molecule has 2 aromatic carbocycles. The molecule has 1 aliphatic rings. The SMILES string of the molecule is CC(C)CC(NC(=O)C(CO)NC(=O)C(N)Cc1ccc(O)cc1)C(=O)NC(CCCN=C(N)N)C(=O)NC(C)C(=O)NC(CCCN=C(N)N)C(=O)N1CCCC1C(=O)NC(CCCN=C(N)N)C(=O)NC(Cc1ccccc1)C(N)=O. The van der Waals surface area contributed by atoms with Gasteiger partial charge in [-0.1, -0.05) is 56.3 Å². The number of carbonyl (C=O) groups is 9. The summed E-state index contributed by atoms with van der Waals surface area (Å²) in [5.41, 5.74) is 46.2. The maximum absolute atomic E-state index is 14.6. The molecule has 0 aliphatic carbocycles. The number of nitrogens with one attached hydrogen (secondary N) is 7. The Morgan fingerprint density at radius 1 is 0.554 bits per heavy atom. The quantitative estimate of drug-likeness (QED) is 0.0174. The second-order valence-corrected chi connectivity index (χ2v) is 20.5. The molecule has 0 spiro atoms. The lowest BCUT2D eigenvalue weighted by atomic mass is 10.0. The maximum Gasteiger partial charge on any atom is 0.245 e. The standard InChI is InChI=1S/C53H85N19O11/c1-29(2)25-39(70-48(81)40(28-73)71-44(77)34(54)26-32-17-19-33(74)20-18-32)47(80)66-35(13-7-21-62-51(56)57)45(78)65-30(3)43(76)68-37(15-9-23-64-53(60)61)50(83)72-24-10-16-41(72)49(82)67-36(14-8-22-63-52(58)59)46(79)69-38(42(55)75)27-31-11-5-4-6-12-31/h4-6,11-12,17-20,29-30,34-41,73-74H,7-10,13-16,21-28,54H2,1-3H3,(H2,55,75)(H,65,78)(H,66,80)(H,67,82)(H,68,76)(H,69,79)(H,70,81)(H,71,77)(H4,56,57,62)(H4,58,59,63)(H4,60,61,64). The van der Waals surface area contributed by atoms with Crippen LogP contribution in [0.25, 0.3) is 0 Å². The van der Waals surface area contributed by atoms with Crippen LogP contribution in [-0.4, -0.2) is 173 Å². The Morgan fingerprint density at radius 3 is 1.54 bits per heavy atom. The van der Waals surface area contributed by atoms with Gasteiger partial charge in [0, 0.05) is 32.6 Å². The number of rotatable bonds is 35. The third kappa shape index (κ3) is 24.9. The monoisotopic (exact) mass is 1160 g/mol. The Kier molecular flexibility index (Phi) is 29.0. The fourth-order valence-corrected chi connectivity index (χ4v) is 8.80. The number of amides is 9. The van der Waals surface area contributed by atoms with Gasteiger partial charge >= 0.3 is 0 Å². The summed E-state index contributed by atoms with van der Waals surface area (Å²) < 4.78 is 0. The number of aliphatic hydroxyl groups excluding tert-OH is 1. The molecule has 9 atom stereocenters. The van der Waals surface area contributed by atoms with Crippen molar-refractivity contribution in [3.8, 4) is 5.75 Å². The Balaban J connectivity index is 1.82. The smallest absolute Gasteiger partial charge is 0.245 e. The zero-order chi connectivity index (χ0) is 61.8. The first-order valence-corrected chi connectivity index (χ1v) is 27.4. The molecular formula is C53H85N19O11. The fourth-order valence-electron chi connectivity index (χ4n) is 8.80. The number of aliphatic hydroxyl groups is 1. The van der Waals surface area contributed by atoms with Crippen LogP contribution < -0.4 is 83.1 Å². The number of nitrogens with two attached hydrogens (primary N) is 8. The van der Waals surface area contributed by atoms with Crippen LogP contribution in [0, 0.1) is 5.92 Å². The van der Waals surface area contributed by atoms with Crippen LogP contribution in [0.4, 0.5) is 0 Å². The van der Waals surface area contributed by atoms with E-state index in [1.54, 1.807) is 56.3 Å². The van der Waals surface area contributed by atoms with Gasteiger partial charge in [0.15, 0.2) is 17.9 Å². The average Bonchev–Trinajstić information content (AvgIpc) is 4.22. The van der Waals surface area contributed by atoms with Gasteiger partial charge in [0.2, 0.25) is 53.2 Å². The predicted octanol–water partition coefficient (Wildman–Crippen LogP) is -5.41. The van der Waals surface area contributed by atoms with Crippen LogP contribution in [0.1, 0.15) is 89.7 Å². The van der Waals surface area contributed by atoms with Crippen molar-refractivity contribution in [2.45, 2.75) is 146 Å². The number of aliphatic imine (C=N–C) groups is 3. The topological polar surface area (TPSA) is 527 Å². The molecule has 3 rings (SSSR count). The van der Waals surface area contributed by atoms with E-state index in [0.717, 1.165) is 0 Å². The number of primary amides is 1. The van der Waals surface area contributed by atoms with Gasteiger partial charge in [-0.05, 0) is 100 Å². The summed E-state index contributed by atoms with van der Waals surface area (Å²) >= 11 is 0. The molecule has 0 saturated carbocycles. The van der Waals surface area contributed by atoms with Crippen molar-refractivity contribution in [1.82, 2.24) is 42.1 Å². The molecule has 458 valence electrons. The lowest BCUT2D eigenvalue weighted by Gasteiger charge is -2.31. The first kappa shape index (κ1) is 68.5. The molecule has 30 heteroatoms. The number of guanidine groups is 3. The Bertz CT molecular complexity index is 2580. The van der Waals surface area contributed by atoms with Gasteiger partial charge in [-0.3, -0.25) is 58.1 Å². The molecule has 1 heterocycles. The minimum Gasteiger partial charge on any atom is -0.508 e. The van der Waals surface area contributed by atoms with Crippen LogP contribution in [-0.2, 0) is 56.0 Å². The van der Waals surface area contributed by atoms with E-state index in [1.807, 2.05) is 0 Å². The fraction of sp³-hybridized carbons (Fsp3) is 0.547. The van der Waals surface area contributed by atoms with Crippen molar-refractivity contribution in [1.29, 1.82) is 0 Å². The van der Waals surface area contributed by atoms with Crippen LogP contribution in [0.15, 0.2) is 69.6 Å². The molecule has 1 saturated heterocycles. The van der Waals surface area contributed by atoms with Crippen LogP contribution in [0.3, 0.4) is 0 Å². The highest BCUT2D eigenvalue weighted by molar-refractivity contribution is 5.98.